The van der Waals surface area contributed by atoms with Crippen molar-refractivity contribution in [3.05, 3.63) is 48.6 Å². The van der Waals surface area contributed by atoms with E-state index in [4.69, 9.17) is 9.47 Å². The van der Waals surface area contributed by atoms with Crippen LogP contribution in [0.2, 0.25) is 0 Å². The lowest BCUT2D eigenvalue weighted by atomic mass is 10.0. The summed E-state index contributed by atoms with van der Waals surface area (Å²) >= 11 is 0. The Balaban J connectivity index is 3.68. The zero-order valence-electron chi connectivity index (χ0n) is 29.8. The third-order valence-electron chi connectivity index (χ3n) is 7.82. The van der Waals surface area contributed by atoms with Crippen LogP contribution in [0.15, 0.2) is 48.6 Å². The zero-order valence-corrected chi connectivity index (χ0v) is 29.8. The van der Waals surface area contributed by atoms with Crippen LogP contribution in [0, 0.1) is 5.92 Å². The van der Waals surface area contributed by atoms with Gasteiger partial charge in [-0.1, -0.05) is 133 Å². The number of carbonyl (C=O) groups is 2. The molecule has 0 heterocycles. The molecular weight excluding hydrogens is 576 g/mol. The molecule has 0 amide bonds. The molecule has 0 aliphatic heterocycles. The predicted octanol–water partition coefficient (Wildman–Crippen LogP) is 10.3. The van der Waals surface area contributed by atoms with Crippen molar-refractivity contribution in [2.75, 3.05) is 13.2 Å². The molecule has 266 valence electrons. The Morgan fingerprint density at radius 3 is 1.52 bits per heavy atom. The quantitative estimate of drug-likeness (QED) is 0.0429. The van der Waals surface area contributed by atoms with Crippen molar-refractivity contribution in [1.82, 2.24) is 0 Å². The van der Waals surface area contributed by atoms with E-state index < -0.39 is 6.10 Å². The molecule has 0 radical (unpaired) electrons. The average Bonchev–Trinajstić information content (AvgIpc) is 3.02. The second-order valence-electron chi connectivity index (χ2n) is 13.1. The number of aliphatic hydroxyl groups excluding tert-OH is 2. The molecule has 0 spiro atoms. The third-order valence-corrected chi connectivity index (χ3v) is 7.82. The van der Waals surface area contributed by atoms with Crippen molar-refractivity contribution in [3.8, 4) is 0 Å². The van der Waals surface area contributed by atoms with Gasteiger partial charge in [-0.05, 0) is 70.6 Å². The van der Waals surface area contributed by atoms with Crippen LogP contribution in [0.25, 0.3) is 0 Å². The zero-order chi connectivity index (χ0) is 33.9. The van der Waals surface area contributed by atoms with Crippen LogP contribution >= 0.6 is 0 Å². The Hall–Kier alpha value is -2.18. The number of carbonyl (C=O) groups excluding carboxylic acids is 2. The van der Waals surface area contributed by atoms with Crippen LogP contribution in [-0.4, -0.2) is 47.6 Å². The number of allylic oxidation sites excluding steroid dienone is 8. The smallest absolute Gasteiger partial charge is 0.306 e. The Labute approximate surface area is 282 Å². The lowest BCUT2D eigenvalue weighted by Gasteiger charge is -2.15. The number of rotatable bonds is 32. The first-order valence-electron chi connectivity index (χ1n) is 18.6. The van der Waals surface area contributed by atoms with Gasteiger partial charge in [0.2, 0.25) is 0 Å². The van der Waals surface area contributed by atoms with Crippen molar-refractivity contribution >= 4 is 11.9 Å². The van der Waals surface area contributed by atoms with Crippen molar-refractivity contribution in [2.45, 2.75) is 174 Å². The lowest BCUT2D eigenvalue weighted by Crippen LogP contribution is -2.28. The number of ether oxygens (including phenoxy) is 2. The van der Waals surface area contributed by atoms with Crippen molar-refractivity contribution in [1.29, 1.82) is 0 Å². The molecule has 0 unspecified atom stereocenters. The highest BCUT2D eigenvalue weighted by Crippen LogP contribution is 2.14. The summed E-state index contributed by atoms with van der Waals surface area (Å²) in [5.74, 6) is 0.151. The van der Waals surface area contributed by atoms with Gasteiger partial charge in [-0.25, -0.2) is 0 Å². The van der Waals surface area contributed by atoms with Gasteiger partial charge in [0, 0.05) is 12.8 Å². The highest BCUT2D eigenvalue weighted by atomic mass is 16.6. The average molecular weight is 647 g/mol. The van der Waals surface area contributed by atoms with Gasteiger partial charge in [0.25, 0.3) is 0 Å². The predicted molar refractivity (Wildman–Crippen MR) is 193 cm³/mol. The van der Waals surface area contributed by atoms with Gasteiger partial charge in [0.15, 0.2) is 6.10 Å². The summed E-state index contributed by atoms with van der Waals surface area (Å²) in [7, 11) is 0. The fourth-order valence-electron chi connectivity index (χ4n) is 4.98. The fraction of sp³-hybridized carbons (Fsp3) is 0.750. The van der Waals surface area contributed by atoms with Gasteiger partial charge in [0.05, 0.1) is 12.7 Å². The SMILES string of the molecule is CC(C)CCCCCCCCCCCCCC(=O)O[C@@H](CO)COC(=O)CCC/C=C\C/C=C\C/C=C\C/C=C\CCC[C@@H](C)O. The maximum Gasteiger partial charge on any atom is 0.306 e. The van der Waals surface area contributed by atoms with Crippen LogP contribution in [-0.2, 0) is 19.1 Å². The topological polar surface area (TPSA) is 93.1 Å². The molecule has 0 aliphatic carbocycles. The van der Waals surface area contributed by atoms with E-state index in [0.717, 1.165) is 70.1 Å². The Morgan fingerprint density at radius 1 is 0.565 bits per heavy atom. The number of aliphatic hydroxyl groups is 2. The first kappa shape index (κ1) is 43.8. The number of unbranched alkanes of at least 4 members (excludes halogenated alkanes) is 12. The van der Waals surface area contributed by atoms with Gasteiger partial charge in [-0.2, -0.15) is 0 Å². The van der Waals surface area contributed by atoms with Gasteiger partial charge < -0.3 is 19.7 Å². The van der Waals surface area contributed by atoms with E-state index in [-0.39, 0.29) is 31.3 Å². The van der Waals surface area contributed by atoms with Gasteiger partial charge >= 0.3 is 11.9 Å². The van der Waals surface area contributed by atoms with Crippen LogP contribution in [0.1, 0.15) is 162 Å². The Bertz CT molecular complexity index is 811. The second kappa shape index (κ2) is 34.2. The molecule has 0 saturated carbocycles. The molecule has 0 aromatic rings. The maximum absolute atomic E-state index is 12.1. The summed E-state index contributed by atoms with van der Waals surface area (Å²) in [6.07, 6.45) is 38.8. The monoisotopic (exact) mass is 647 g/mol. The number of esters is 2. The van der Waals surface area contributed by atoms with Crippen LogP contribution in [0.4, 0.5) is 0 Å². The highest BCUT2D eigenvalue weighted by Gasteiger charge is 2.16. The molecule has 0 bridgehead atoms. The van der Waals surface area contributed by atoms with E-state index in [1.54, 1.807) is 0 Å². The summed E-state index contributed by atoms with van der Waals surface area (Å²) in [6, 6.07) is 0. The number of hydrogen-bond donors (Lipinski definition) is 2. The standard InChI is InChI=1S/C40H70O6/c1-36(2)30-26-22-18-14-10-9-13-17-21-25-29-33-40(44)46-38(34-41)35-45-39(43)32-28-24-20-16-12-8-6-4-5-7-11-15-19-23-27-31-37(3)42/h5-8,15-16,19-20,36-38,41-42H,4,9-14,17-18,21-35H2,1-3H3/b7-5-,8-6-,19-15-,20-16-/t37-,38+/m1/s1. The van der Waals surface area contributed by atoms with Crippen LogP contribution < -0.4 is 0 Å². The summed E-state index contributed by atoms with van der Waals surface area (Å²) in [6.45, 7) is 5.96. The summed E-state index contributed by atoms with van der Waals surface area (Å²) in [4.78, 5) is 24.2. The second-order valence-corrected chi connectivity index (χ2v) is 13.1. The van der Waals surface area contributed by atoms with E-state index in [9.17, 15) is 19.8 Å². The molecule has 0 aliphatic rings. The summed E-state index contributed by atoms with van der Waals surface area (Å²) in [5.41, 5.74) is 0. The highest BCUT2D eigenvalue weighted by molar-refractivity contribution is 5.70. The largest absolute Gasteiger partial charge is 0.462 e. The molecule has 0 aromatic carbocycles. The summed E-state index contributed by atoms with van der Waals surface area (Å²) < 4.78 is 10.5. The van der Waals surface area contributed by atoms with Crippen molar-refractivity contribution in [3.63, 3.8) is 0 Å². The van der Waals surface area contributed by atoms with Crippen LogP contribution in [0.5, 0.6) is 0 Å². The molecule has 0 saturated heterocycles. The lowest BCUT2D eigenvalue weighted by molar-refractivity contribution is -0.161. The molecule has 0 fully saturated rings. The molecule has 6 heteroatoms. The molecule has 2 atom stereocenters. The van der Waals surface area contributed by atoms with Gasteiger partial charge in [0.1, 0.15) is 6.61 Å². The van der Waals surface area contributed by atoms with E-state index >= 15 is 0 Å². The number of hydrogen-bond acceptors (Lipinski definition) is 6. The Kier molecular flexibility index (Phi) is 32.5. The first-order chi connectivity index (χ1) is 22.3. The molecular formula is C40H70O6. The minimum Gasteiger partial charge on any atom is -0.462 e. The van der Waals surface area contributed by atoms with Crippen molar-refractivity contribution in [2.24, 2.45) is 5.92 Å². The molecule has 0 aromatic heterocycles. The van der Waals surface area contributed by atoms with Gasteiger partial charge in [-0.3, -0.25) is 9.59 Å². The van der Waals surface area contributed by atoms with E-state index in [1.807, 2.05) is 6.92 Å². The summed E-state index contributed by atoms with van der Waals surface area (Å²) in [5, 5.41) is 18.8. The van der Waals surface area contributed by atoms with E-state index in [0.29, 0.717) is 19.3 Å². The molecule has 0 rings (SSSR count). The maximum atomic E-state index is 12.1. The van der Waals surface area contributed by atoms with Gasteiger partial charge in [-0.15, -0.1) is 0 Å². The minimum absolute atomic E-state index is 0.103. The third kappa shape index (κ3) is 34.7. The fourth-order valence-corrected chi connectivity index (χ4v) is 4.98. The normalized spacial score (nSPS) is 13.5. The minimum atomic E-state index is -0.800. The first-order valence-corrected chi connectivity index (χ1v) is 18.6. The van der Waals surface area contributed by atoms with Crippen LogP contribution in [0.3, 0.4) is 0 Å². The van der Waals surface area contributed by atoms with E-state index in [1.165, 1.54) is 57.8 Å². The Morgan fingerprint density at radius 2 is 1.02 bits per heavy atom. The molecule has 46 heavy (non-hydrogen) atoms. The van der Waals surface area contributed by atoms with Crippen molar-refractivity contribution < 1.29 is 29.3 Å². The van der Waals surface area contributed by atoms with E-state index in [2.05, 4.69) is 62.5 Å². The molecule has 2 N–H and O–H groups in total. The molecule has 6 nitrogen and oxygen atoms in total.